The Hall–Kier alpha value is -2.80. The molecule has 8 heteroatoms. The molecule has 0 spiro atoms. The molecule has 0 saturated carbocycles. The second kappa shape index (κ2) is 10.1. The van der Waals surface area contributed by atoms with Gasteiger partial charge in [-0.2, -0.15) is 9.67 Å². The summed E-state index contributed by atoms with van der Waals surface area (Å²) in [4.78, 5) is 11.9. The number of hydrogen-bond donors (Lipinski definition) is 1. The molecule has 0 aliphatic rings. The fraction of sp³-hybridized carbons (Fsp3) is 0.235. The highest BCUT2D eigenvalue weighted by Gasteiger charge is 2.12. The summed E-state index contributed by atoms with van der Waals surface area (Å²) in [6.07, 6.45) is 5.09. The summed E-state index contributed by atoms with van der Waals surface area (Å²) in [6.45, 7) is 0.176. The number of nitrogens with one attached hydrogen (secondary N) is 1. The molecular formula is C17H20ClN3O4. The molecule has 2 aromatic rings. The smallest absolute Gasteiger partial charge is 0.305 e. The lowest BCUT2D eigenvalue weighted by molar-refractivity contribution is -0.684. The van der Waals surface area contributed by atoms with E-state index < -0.39 is 0 Å². The molecule has 0 aliphatic carbocycles. The average Bonchev–Trinajstić information content (AvgIpc) is 2.62. The number of amides is 1. The molecule has 134 valence electrons. The lowest BCUT2D eigenvalue weighted by Crippen LogP contribution is -3.00. The number of methoxy groups -OCH3 is 3. The van der Waals surface area contributed by atoms with Crippen molar-refractivity contribution in [2.75, 3.05) is 21.3 Å². The number of hydrogen-bond acceptors (Lipinski definition) is 5. The molecule has 2 rings (SSSR count). The van der Waals surface area contributed by atoms with Crippen molar-refractivity contribution in [3.05, 3.63) is 48.3 Å². The van der Waals surface area contributed by atoms with E-state index in [1.165, 1.54) is 20.4 Å². The molecule has 0 unspecified atom stereocenters. The number of carbonyl (C=O) groups excluding carboxylic acids is 1. The summed E-state index contributed by atoms with van der Waals surface area (Å²) in [7, 11) is 4.63. The Morgan fingerprint density at radius 1 is 1.08 bits per heavy atom. The van der Waals surface area contributed by atoms with Crippen LogP contribution in [0.2, 0.25) is 0 Å². The fourth-order valence-electron chi connectivity index (χ4n) is 2.07. The number of benzene rings is 1. The number of aromatic nitrogens is 1. The van der Waals surface area contributed by atoms with Gasteiger partial charge in [0.15, 0.2) is 12.4 Å². The van der Waals surface area contributed by atoms with Crippen molar-refractivity contribution < 1.29 is 36.0 Å². The predicted octanol–water partition coefficient (Wildman–Crippen LogP) is -1.85. The van der Waals surface area contributed by atoms with Gasteiger partial charge in [0.25, 0.3) is 0 Å². The van der Waals surface area contributed by atoms with Crippen LogP contribution >= 0.6 is 0 Å². The monoisotopic (exact) mass is 365 g/mol. The molecular weight excluding hydrogens is 346 g/mol. The predicted molar refractivity (Wildman–Crippen MR) is 88.5 cm³/mol. The number of pyridine rings is 1. The minimum atomic E-state index is -0.242. The highest BCUT2D eigenvalue weighted by atomic mass is 35.5. The lowest BCUT2D eigenvalue weighted by atomic mass is 10.2. The zero-order chi connectivity index (χ0) is 17.4. The van der Waals surface area contributed by atoms with Gasteiger partial charge in [-0.05, 0) is 0 Å². The van der Waals surface area contributed by atoms with Crippen LogP contribution in [-0.4, -0.2) is 33.5 Å². The van der Waals surface area contributed by atoms with Crippen LogP contribution < -0.4 is 36.6 Å². The quantitative estimate of drug-likeness (QED) is 0.355. The lowest BCUT2D eigenvalue weighted by Gasteiger charge is -2.12. The SMILES string of the molecule is COc1cc(OC)c(/C=N/NC(=O)C[n+]2ccccc2)c(OC)c1.[Cl-]. The second-order valence-electron chi connectivity index (χ2n) is 4.79. The molecule has 1 aromatic carbocycles. The number of carbonyl (C=O) groups is 1. The summed E-state index contributed by atoms with van der Waals surface area (Å²) in [6, 6.07) is 9.01. The first-order valence-corrected chi connectivity index (χ1v) is 7.24. The van der Waals surface area contributed by atoms with E-state index in [1.54, 1.807) is 36.2 Å². The zero-order valence-corrected chi connectivity index (χ0v) is 15.0. The van der Waals surface area contributed by atoms with Crippen molar-refractivity contribution in [3.63, 3.8) is 0 Å². The van der Waals surface area contributed by atoms with Crippen molar-refractivity contribution >= 4 is 12.1 Å². The van der Waals surface area contributed by atoms with Gasteiger partial charge in [0, 0.05) is 24.3 Å². The molecule has 0 atom stereocenters. The summed E-state index contributed by atoms with van der Waals surface area (Å²) in [5, 5.41) is 3.97. The van der Waals surface area contributed by atoms with Gasteiger partial charge in [-0.25, -0.2) is 5.43 Å². The molecule has 0 saturated heterocycles. The molecule has 1 amide bonds. The molecule has 7 nitrogen and oxygen atoms in total. The van der Waals surface area contributed by atoms with Crippen LogP contribution in [0.3, 0.4) is 0 Å². The van der Waals surface area contributed by atoms with Crippen LogP contribution in [0.4, 0.5) is 0 Å². The first kappa shape index (κ1) is 20.2. The Kier molecular flexibility index (Phi) is 8.22. The minimum Gasteiger partial charge on any atom is -1.00 e. The standard InChI is InChI=1S/C17H19N3O4.ClH/c1-22-13-9-15(23-2)14(16(10-13)24-3)11-18-19-17(21)12-20-7-5-4-6-8-20;/h4-11H,12H2,1-3H3;1H/b18-11+;. The van der Waals surface area contributed by atoms with Crippen LogP contribution in [-0.2, 0) is 11.3 Å². The maximum Gasteiger partial charge on any atom is 0.305 e. The Morgan fingerprint density at radius 3 is 2.20 bits per heavy atom. The van der Waals surface area contributed by atoms with Crippen molar-refractivity contribution in [2.45, 2.75) is 6.54 Å². The van der Waals surface area contributed by atoms with Crippen LogP contribution in [0.1, 0.15) is 5.56 Å². The number of rotatable bonds is 7. The van der Waals surface area contributed by atoms with Gasteiger partial charge in [0.1, 0.15) is 17.2 Å². The van der Waals surface area contributed by atoms with Crippen LogP contribution in [0.5, 0.6) is 17.2 Å². The Balaban J connectivity index is 0.00000312. The van der Waals surface area contributed by atoms with E-state index in [1.807, 2.05) is 18.2 Å². The van der Waals surface area contributed by atoms with Gasteiger partial charge in [-0.1, -0.05) is 6.07 Å². The van der Waals surface area contributed by atoms with E-state index in [2.05, 4.69) is 10.5 Å². The van der Waals surface area contributed by atoms with Crippen LogP contribution in [0.15, 0.2) is 47.8 Å². The summed E-state index contributed by atoms with van der Waals surface area (Å²) >= 11 is 0. The van der Waals surface area contributed by atoms with Gasteiger partial charge < -0.3 is 26.6 Å². The molecule has 25 heavy (non-hydrogen) atoms. The fourth-order valence-corrected chi connectivity index (χ4v) is 2.07. The summed E-state index contributed by atoms with van der Waals surface area (Å²) in [5.41, 5.74) is 3.08. The maximum absolute atomic E-state index is 11.9. The van der Waals surface area contributed by atoms with Gasteiger partial charge in [0.2, 0.25) is 6.54 Å². The van der Waals surface area contributed by atoms with Crippen molar-refractivity contribution in [3.8, 4) is 17.2 Å². The zero-order valence-electron chi connectivity index (χ0n) is 14.2. The van der Waals surface area contributed by atoms with Gasteiger partial charge in [-0.15, -0.1) is 0 Å². The van der Waals surface area contributed by atoms with Gasteiger partial charge >= 0.3 is 5.91 Å². The Bertz CT molecular complexity index is 698. The van der Waals surface area contributed by atoms with E-state index in [4.69, 9.17) is 14.2 Å². The maximum atomic E-state index is 11.9. The minimum absolute atomic E-state index is 0. The first-order valence-electron chi connectivity index (χ1n) is 7.24. The molecule has 0 radical (unpaired) electrons. The molecule has 0 fully saturated rings. The van der Waals surface area contributed by atoms with E-state index in [0.717, 1.165) is 0 Å². The third-order valence-corrected chi connectivity index (χ3v) is 3.24. The summed E-state index contributed by atoms with van der Waals surface area (Å²) < 4.78 is 17.6. The third kappa shape index (κ3) is 5.65. The average molecular weight is 366 g/mol. The number of halogens is 1. The molecule has 0 bridgehead atoms. The molecule has 0 aliphatic heterocycles. The van der Waals surface area contributed by atoms with Crippen LogP contribution in [0.25, 0.3) is 0 Å². The Labute approximate surface area is 152 Å². The summed E-state index contributed by atoms with van der Waals surface area (Å²) in [5.74, 6) is 1.42. The van der Waals surface area contributed by atoms with Crippen LogP contribution in [0, 0.1) is 0 Å². The van der Waals surface area contributed by atoms with E-state index in [-0.39, 0.29) is 24.9 Å². The third-order valence-electron chi connectivity index (χ3n) is 3.24. The van der Waals surface area contributed by atoms with Crippen molar-refractivity contribution in [2.24, 2.45) is 5.10 Å². The molecule has 1 aromatic heterocycles. The normalized spacial score (nSPS) is 10.0. The number of hydrazone groups is 1. The van der Waals surface area contributed by atoms with E-state index in [0.29, 0.717) is 22.8 Å². The highest BCUT2D eigenvalue weighted by Crippen LogP contribution is 2.32. The topological polar surface area (TPSA) is 73.0 Å². The van der Waals surface area contributed by atoms with Crippen molar-refractivity contribution in [1.82, 2.24) is 5.43 Å². The highest BCUT2D eigenvalue weighted by molar-refractivity contribution is 5.89. The number of nitrogens with zero attached hydrogens (tertiary/aromatic N) is 2. The van der Waals surface area contributed by atoms with Gasteiger partial charge in [0.05, 0.1) is 33.1 Å². The number of ether oxygens (including phenoxy) is 3. The van der Waals surface area contributed by atoms with E-state index >= 15 is 0 Å². The Morgan fingerprint density at radius 2 is 1.68 bits per heavy atom. The van der Waals surface area contributed by atoms with Gasteiger partial charge in [-0.3, -0.25) is 4.79 Å². The van der Waals surface area contributed by atoms with Crippen molar-refractivity contribution in [1.29, 1.82) is 0 Å². The molecule has 1 heterocycles. The first-order chi connectivity index (χ1) is 11.7. The second-order valence-corrected chi connectivity index (χ2v) is 4.79. The van der Waals surface area contributed by atoms with E-state index in [9.17, 15) is 4.79 Å². The largest absolute Gasteiger partial charge is 1.00 e. The molecule has 1 N–H and O–H groups in total.